The molecule has 0 bridgehead atoms. The van der Waals surface area contributed by atoms with Gasteiger partial charge in [0.25, 0.3) is 0 Å². The molecule has 3 rings (SSSR count). The van der Waals surface area contributed by atoms with Crippen molar-refractivity contribution in [2.75, 3.05) is 41.3 Å². The highest BCUT2D eigenvalue weighted by Crippen LogP contribution is 2.35. The smallest absolute Gasteiger partial charge is 0.193 e. The number of rotatable bonds is 6. The number of aryl methyl sites for hydroxylation is 1. The van der Waals surface area contributed by atoms with Crippen LogP contribution in [0.1, 0.15) is 30.0 Å². The average molecular weight is 399 g/mol. The van der Waals surface area contributed by atoms with Crippen molar-refractivity contribution in [2.45, 2.75) is 25.4 Å². The molecule has 2 atom stereocenters. The number of aromatic nitrogens is 2. The van der Waals surface area contributed by atoms with Gasteiger partial charge < -0.3 is 15.0 Å². The molecule has 0 spiro atoms. The quantitative estimate of drug-likeness (QED) is 0.599. The van der Waals surface area contributed by atoms with Crippen molar-refractivity contribution in [3.63, 3.8) is 0 Å². The van der Waals surface area contributed by atoms with Gasteiger partial charge in [0, 0.05) is 52.0 Å². The van der Waals surface area contributed by atoms with Gasteiger partial charge in [-0.25, -0.2) is 0 Å². The van der Waals surface area contributed by atoms with Crippen LogP contribution in [0.25, 0.3) is 0 Å². The van der Waals surface area contributed by atoms with Crippen LogP contribution in [0.3, 0.4) is 0 Å². The summed E-state index contributed by atoms with van der Waals surface area (Å²) in [6.07, 6.45) is 6.37. The Morgan fingerprint density at radius 3 is 2.69 bits per heavy atom. The van der Waals surface area contributed by atoms with E-state index in [0.29, 0.717) is 12.0 Å². The van der Waals surface area contributed by atoms with Crippen LogP contribution in [-0.4, -0.2) is 66.9 Å². The van der Waals surface area contributed by atoms with Crippen molar-refractivity contribution in [1.29, 1.82) is 0 Å². The topological polar surface area (TPSA) is 57.9 Å². The minimum absolute atomic E-state index is 0.392. The predicted molar refractivity (Wildman–Crippen MR) is 117 cm³/mol. The van der Waals surface area contributed by atoms with Gasteiger partial charge in [0.15, 0.2) is 5.96 Å². The lowest BCUT2D eigenvalue weighted by atomic mass is 9.85. The maximum Gasteiger partial charge on any atom is 0.193 e. The fraction of sp³-hybridized carbons (Fsp3) is 0.545. The molecule has 158 valence electrons. The van der Waals surface area contributed by atoms with E-state index >= 15 is 0 Å². The molecule has 0 aliphatic carbocycles. The summed E-state index contributed by atoms with van der Waals surface area (Å²) in [5.74, 6) is 2.33. The van der Waals surface area contributed by atoms with E-state index in [0.717, 1.165) is 31.3 Å². The van der Waals surface area contributed by atoms with Crippen molar-refractivity contribution in [3.8, 4) is 5.75 Å². The Balaban J connectivity index is 1.65. The van der Waals surface area contributed by atoms with E-state index in [1.165, 1.54) is 24.0 Å². The molecule has 1 fully saturated rings. The van der Waals surface area contributed by atoms with Crippen LogP contribution < -0.4 is 10.1 Å². The van der Waals surface area contributed by atoms with Gasteiger partial charge in [-0.3, -0.25) is 14.6 Å². The third-order valence-corrected chi connectivity index (χ3v) is 5.74. The minimum Gasteiger partial charge on any atom is -0.497 e. The van der Waals surface area contributed by atoms with E-state index in [-0.39, 0.29) is 0 Å². The van der Waals surface area contributed by atoms with Crippen LogP contribution >= 0.6 is 0 Å². The van der Waals surface area contributed by atoms with E-state index in [4.69, 9.17) is 4.74 Å². The molecule has 1 aliphatic heterocycles. The highest BCUT2D eigenvalue weighted by molar-refractivity contribution is 5.79. The van der Waals surface area contributed by atoms with Gasteiger partial charge in [-0.15, -0.1) is 0 Å². The number of methoxy groups -OCH3 is 1. The summed E-state index contributed by atoms with van der Waals surface area (Å²) in [6, 6.07) is 8.90. The molecule has 29 heavy (non-hydrogen) atoms. The van der Waals surface area contributed by atoms with Crippen LogP contribution in [0, 0.1) is 5.92 Å². The maximum absolute atomic E-state index is 5.33. The van der Waals surface area contributed by atoms with E-state index in [1.807, 2.05) is 31.2 Å². The monoisotopic (exact) mass is 398 g/mol. The lowest BCUT2D eigenvalue weighted by Crippen LogP contribution is -2.45. The molecular formula is C22H34N6O. The summed E-state index contributed by atoms with van der Waals surface area (Å²) < 4.78 is 7.16. The Morgan fingerprint density at radius 2 is 2.07 bits per heavy atom. The van der Waals surface area contributed by atoms with Gasteiger partial charge in [-0.1, -0.05) is 12.1 Å². The average Bonchev–Trinajstić information content (AvgIpc) is 3.13. The number of hydrogen-bond acceptors (Lipinski definition) is 4. The third kappa shape index (κ3) is 5.29. The number of likely N-dealkylation sites (tertiary alicyclic amines) is 1. The molecule has 0 saturated carbocycles. The number of piperidine rings is 1. The molecule has 7 heteroatoms. The number of nitrogens with zero attached hydrogens (tertiary/aromatic N) is 5. The Bertz CT molecular complexity index is 800. The SMILES string of the molecule is CN=C(NCC1CCCN(C)C1c1ccc(OC)cc1)N(C)Cc1cnn(C)c1. The summed E-state index contributed by atoms with van der Waals surface area (Å²) in [4.78, 5) is 9.11. The molecule has 2 aromatic rings. The molecule has 1 N–H and O–H groups in total. The van der Waals surface area contributed by atoms with Gasteiger partial charge >= 0.3 is 0 Å². The van der Waals surface area contributed by atoms with Crippen molar-refractivity contribution < 1.29 is 4.74 Å². The second-order valence-electron chi connectivity index (χ2n) is 7.91. The zero-order valence-electron chi connectivity index (χ0n) is 18.3. The second kappa shape index (κ2) is 9.78. The summed E-state index contributed by atoms with van der Waals surface area (Å²) in [5.41, 5.74) is 2.52. The third-order valence-electron chi connectivity index (χ3n) is 5.74. The predicted octanol–water partition coefficient (Wildman–Crippen LogP) is 2.52. The Hall–Kier alpha value is -2.54. The van der Waals surface area contributed by atoms with Crippen molar-refractivity contribution in [1.82, 2.24) is 24.9 Å². The molecule has 1 aromatic heterocycles. The molecule has 2 heterocycles. The van der Waals surface area contributed by atoms with E-state index in [2.05, 4.69) is 63.6 Å². The van der Waals surface area contributed by atoms with Crippen LogP contribution in [0.15, 0.2) is 41.7 Å². The van der Waals surface area contributed by atoms with Crippen LogP contribution in [-0.2, 0) is 13.6 Å². The van der Waals surface area contributed by atoms with E-state index in [9.17, 15) is 0 Å². The van der Waals surface area contributed by atoms with Gasteiger partial charge in [0.1, 0.15) is 5.75 Å². The molecule has 2 unspecified atom stereocenters. The highest BCUT2D eigenvalue weighted by atomic mass is 16.5. The minimum atomic E-state index is 0.392. The number of nitrogens with one attached hydrogen (secondary N) is 1. The Labute approximate surface area is 174 Å². The molecule has 7 nitrogen and oxygen atoms in total. The zero-order chi connectivity index (χ0) is 20.8. The van der Waals surface area contributed by atoms with Crippen LogP contribution in [0.4, 0.5) is 0 Å². The summed E-state index contributed by atoms with van der Waals surface area (Å²) >= 11 is 0. The van der Waals surface area contributed by atoms with Crippen molar-refractivity contribution >= 4 is 5.96 Å². The van der Waals surface area contributed by atoms with Crippen molar-refractivity contribution in [3.05, 3.63) is 47.8 Å². The van der Waals surface area contributed by atoms with Gasteiger partial charge in [0.05, 0.1) is 13.3 Å². The van der Waals surface area contributed by atoms with Crippen LogP contribution in [0.5, 0.6) is 5.75 Å². The number of guanidine groups is 1. The van der Waals surface area contributed by atoms with Gasteiger partial charge in [-0.05, 0) is 50.0 Å². The zero-order valence-corrected chi connectivity index (χ0v) is 18.3. The number of aliphatic imine (C=N–C) groups is 1. The fourth-order valence-electron chi connectivity index (χ4n) is 4.31. The maximum atomic E-state index is 5.33. The largest absolute Gasteiger partial charge is 0.497 e. The second-order valence-corrected chi connectivity index (χ2v) is 7.91. The lowest BCUT2D eigenvalue weighted by Gasteiger charge is -2.40. The first kappa shape index (κ1) is 21.2. The molecule has 0 radical (unpaired) electrons. The first-order valence-electron chi connectivity index (χ1n) is 10.2. The van der Waals surface area contributed by atoms with Crippen molar-refractivity contribution in [2.24, 2.45) is 18.0 Å². The normalized spacial score (nSPS) is 20.5. The number of hydrogen-bond donors (Lipinski definition) is 1. The Kier molecular flexibility index (Phi) is 7.14. The summed E-state index contributed by atoms with van der Waals surface area (Å²) in [6.45, 7) is 2.80. The molecular weight excluding hydrogens is 364 g/mol. The summed E-state index contributed by atoms with van der Waals surface area (Å²) in [5, 5.41) is 7.86. The van der Waals surface area contributed by atoms with Crippen LogP contribution in [0.2, 0.25) is 0 Å². The molecule has 1 aromatic carbocycles. The molecule has 0 amide bonds. The standard InChI is InChI=1S/C22H34N6O/c1-23-22(27(3)15-17-13-25-28(4)16-17)24-14-19-7-6-12-26(2)21(19)18-8-10-20(29-5)11-9-18/h8-11,13,16,19,21H,6-7,12,14-15H2,1-5H3,(H,23,24). The highest BCUT2D eigenvalue weighted by Gasteiger charge is 2.30. The first-order valence-corrected chi connectivity index (χ1v) is 10.2. The lowest BCUT2D eigenvalue weighted by molar-refractivity contribution is 0.122. The number of benzene rings is 1. The van der Waals surface area contributed by atoms with Gasteiger partial charge in [-0.2, -0.15) is 5.10 Å². The first-order chi connectivity index (χ1) is 14.0. The summed E-state index contributed by atoms with van der Waals surface area (Å²) in [7, 11) is 9.79. The number of ether oxygens (including phenoxy) is 1. The van der Waals surface area contributed by atoms with E-state index < -0.39 is 0 Å². The van der Waals surface area contributed by atoms with Gasteiger partial charge in [0.2, 0.25) is 0 Å². The Morgan fingerprint density at radius 1 is 1.31 bits per heavy atom. The molecule has 1 aliphatic rings. The fourth-order valence-corrected chi connectivity index (χ4v) is 4.31. The molecule has 1 saturated heterocycles. The van der Waals surface area contributed by atoms with E-state index in [1.54, 1.807) is 7.11 Å².